The maximum Gasteiger partial charge on any atom is 0.253 e. The highest BCUT2D eigenvalue weighted by molar-refractivity contribution is 7.71. The molecule has 0 radical (unpaired) electrons. The molecular formula is C22H26FN5OS. The van der Waals surface area contributed by atoms with E-state index in [1.54, 1.807) is 0 Å². The van der Waals surface area contributed by atoms with Crippen molar-refractivity contribution in [1.82, 2.24) is 20.2 Å². The molecule has 0 saturated carbocycles. The Morgan fingerprint density at radius 3 is 2.73 bits per heavy atom. The van der Waals surface area contributed by atoms with Crippen molar-refractivity contribution in [2.24, 2.45) is 0 Å². The molecule has 1 aliphatic heterocycles. The van der Waals surface area contributed by atoms with Gasteiger partial charge in [-0.1, -0.05) is 12.1 Å². The normalized spacial score (nSPS) is 14.9. The number of aromatic amines is 2. The Balaban J connectivity index is 1.24. The van der Waals surface area contributed by atoms with Crippen molar-refractivity contribution in [2.45, 2.75) is 13.3 Å². The van der Waals surface area contributed by atoms with Gasteiger partial charge in [-0.3, -0.25) is 9.69 Å². The molecule has 0 unspecified atom stereocenters. The van der Waals surface area contributed by atoms with E-state index < -0.39 is 5.82 Å². The SMILES string of the molecule is Cc1cccc(N2CCN(CCCNC(=O)c3cc(F)cc4[nH]c(=S)[nH]c34)CC2)c1. The number of hydrogen-bond acceptors (Lipinski definition) is 4. The molecule has 0 spiro atoms. The first-order valence-electron chi connectivity index (χ1n) is 10.2. The molecule has 30 heavy (non-hydrogen) atoms. The van der Waals surface area contributed by atoms with Crippen LogP contribution in [0.3, 0.4) is 0 Å². The van der Waals surface area contributed by atoms with E-state index in [-0.39, 0.29) is 11.5 Å². The van der Waals surface area contributed by atoms with Crippen molar-refractivity contribution in [3.05, 3.63) is 58.1 Å². The number of rotatable bonds is 6. The number of aromatic nitrogens is 2. The van der Waals surface area contributed by atoms with Crippen LogP contribution in [-0.2, 0) is 0 Å². The van der Waals surface area contributed by atoms with Crippen LogP contribution >= 0.6 is 12.2 Å². The van der Waals surface area contributed by atoms with Crippen molar-refractivity contribution in [3.8, 4) is 0 Å². The lowest BCUT2D eigenvalue weighted by Gasteiger charge is -2.36. The van der Waals surface area contributed by atoms with Gasteiger partial charge in [0.1, 0.15) is 5.82 Å². The van der Waals surface area contributed by atoms with E-state index in [1.807, 2.05) is 0 Å². The molecule has 2 aromatic carbocycles. The van der Waals surface area contributed by atoms with Crippen LogP contribution in [0.2, 0.25) is 0 Å². The van der Waals surface area contributed by atoms with Gasteiger partial charge in [-0.2, -0.15) is 0 Å². The van der Waals surface area contributed by atoms with Gasteiger partial charge in [0.15, 0.2) is 4.77 Å². The lowest BCUT2D eigenvalue weighted by molar-refractivity contribution is 0.0952. The number of piperazine rings is 1. The highest BCUT2D eigenvalue weighted by Crippen LogP contribution is 2.19. The number of benzene rings is 2. The standard InChI is InChI=1S/C22H26FN5OS/c1-15-4-2-5-17(12-15)28-10-8-27(9-11-28)7-3-6-24-21(29)18-13-16(23)14-19-20(18)26-22(30)25-19/h2,4-5,12-14H,3,6-11H2,1H3,(H,24,29)(H2,25,26,30). The van der Waals surface area contributed by atoms with Gasteiger partial charge in [0.05, 0.1) is 16.6 Å². The molecule has 2 heterocycles. The van der Waals surface area contributed by atoms with Crippen LogP contribution in [0.25, 0.3) is 11.0 Å². The minimum atomic E-state index is -0.468. The van der Waals surface area contributed by atoms with Gasteiger partial charge in [-0.25, -0.2) is 4.39 Å². The number of hydrogen-bond donors (Lipinski definition) is 3. The van der Waals surface area contributed by atoms with Crippen LogP contribution < -0.4 is 10.2 Å². The van der Waals surface area contributed by atoms with Gasteiger partial charge >= 0.3 is 0 Å². The summed E-state index contributed by atoms with van der Waals surface area (Å²) in [5.74, 6) is -0.765. The smallest absolute Gasteiger partial charge is 0.253 e. The number of fused-ring (bicyclic) bond motifs is 1. The third kappa shape index (κ3) is 4.71. The Morgan fingerprint density at radius 1 is 1.17 bits per heavy atom. The van der Waals surface area contributed by atoms with Crippen LogP contribution in [0.4, 0.5) is 10.1 Å². The molecule has 8 heteroatoms. The Bertz CT molecular complexity index is 1100. The summed E-state index contributed by atoms with van der Waals surface area (Å²) in [5.41, 5.74) is 3.86. The molecule has 1 aliphatic rings. The summed E-state index contributed by atoms with van der Waals surface area (Å²) in [6.45, 7) is 7.60. The van der Waals surface area contributed by atoms with Gasteiger partial charge in [0, 0.05) is 38.4 Å². The van der Waals surface area contributed by atoms with Crippen molar-refractivity contribution < 1.29 is 9.18 Å². The topological polar surface area (TPSA) is 67.2 Å². The second-order valence-electron chi connectivity index (χ2n) is 7.73. The van der Waals surface area contributed by atoms with Crippen LogP contribution in [0.5, 0.6) is 0 Å². The molecular weight excluding hydrogens is 401 g/mol. The molecule has 1 fully saturated rings. The second kappa shape index (κ2) is 8.97. The molecule has 1 amide bonds. The number of imidazole rings is 1. The first-order valence-corrected chi connectivity index (χ1v) is 10.6. The number of amides is 1. The van der Waals surface area contributed by atoms with Gasteiger partial charge in [0.2, 0.25) is 0 Å². The van der Waals surface area contributed by atoms with Crippen LogP contribution in [-0.4, -0.2) is 60.0 Å². The molecule has 6 nitrogen and oxygen atoms in total. The highest BCUT2D eigenvalue weighted by atomic mass is 32.1. The maximum absolute atomic E-state index is 13.8. The molecule has 1 saturated heterocycles. The predicted octanol–water partition coefficient (Wildman–Crippen LogP) is 3.62. The average molecular weight is 428 g/mol. The van der Waals surface area contributed by atoms with E-state index in [0.29, 0.717) is 22.3 Å². The highest BCUT2D eigenvalue weighted by Gasteiger charge is 2.17. The van der Waals surface area contributed by atoms with E-state index in [1.165, 1.54) is 23.4 Å². The van der Waals surface area contributed by atoms with Crippen LogP contribution in [0, 0.1) is 17.5 Å². The van der Waals surface area contributed by atoms with Crippen molar-refractivity contribution in [1.29, 1.82) is 0 Å². The number of anilines is 1. The monoisotopic (exact) mass is 427 g/mol. The lowest BCUT2D eigenvalue weighted by Crippen LogP contribution is -2.47. The Morgan fingerprint density at radius 2 is 1.97 bits per heavy atom. The average Bonchev–Trinajstić information content (AvgIpc) is 3.10. The third-order valence-electron chi connectivity index (χ3n) is 5.51. The molecule has 0 aliphatic carbocycles. The number of nitrogens with zero attached hydrogens (tertiary/aromatic N) is 2. The number of aryl methyl sites for hydroxylation is 1. The quantitative estimate of drug-likeness (QED) is 0.415. The fraction of sp³-hybridized carbons (Fsp3) is 0.364. The zero-order valence-electron chi connectivity index (χ0n) is 17.0. The van der Waals surface area contributed by atoms with Crippen molar-refractivity contribution >= 4 is 34.8 Å². The number of nitrogens with one attached hydrogen (secondary N) is 3. The summed E-state index contributed by atoms with van der Waals surface area (Å²) in [6.07, 6.45) is 0.845. The van der Waals surface area contributed by atoms with Gasteiger partial charge < -0.3 is 20.2 Å². The summed E-state index contributed by atoms with van der Waals surface area (Å²) >= 11 is 5.05. The van der Waals surface area contributed by atoms with E-state index in [9.17, 15) is 9.18 Å². The number of H-pyrrole nitrogens is 2. The Labute approximate surface area is 180 Å². The van der Waals surface area contributed by atoms with Crippen molar-refractivity contribution in [2.75, 3.05) is 44.2 Å². The summed E-state index contributed by atoms with van der Waals surface area (Å²) in [4.78, 5) is 23.1. The second-order valence-corrected chi connectivity index (χ2v) is 8.14. The molecule has 158 valence electrons. The zero-order chi connectivity index (χ0) is 21.1. The molecule has 4 rings (SSSR count). The molecule has 1 aromatic heterocycles. The fourth-order valence-corrected chi connectivity index (χ4v) is 4.15. The van der Waals surface area contributed by atoms with Gasteiger partial charge in [-0.05, 0) is 61.9 Å². The zero-order valence-corrected chi connectivity index (χ0v) is 17.8. The van der Waals surface area contributed by atoms with E-state index in [0.717, 1.165) is 39.1 Å². The first kappa shape index (κ1) is 20.6. The molecule has 0 atom stereocenters. The summed E-state index contributed by atoms with van der Waals surface area (Å²) in [7, 11) is 0. The minimum Gasteiger partial charge on any atom is -0.369 e. The maximum atomic E-state index is 13.8. The minimum absolute atomic E-state index is 0.268. The summed E-state index contributed by atoms with van der Waals surface area (Å²) in [6, 6.07) is 11.2. The largest absolute Gasteiger partial charge is 0.369 e. The first-order chi connectivity index (χ1) is 14.5. The summed E-state index contributed by atoms with van der Waals surface area (Å²) in [5, 5.41) is 2.90. The molecule has 3 N–H and O–H groups in total. The van der Waals surface area contributed by atoms with Crippen LogP contribution in [0.15, 0.2) is 36.4 Å². The lowest BCUT2D eigenvalue weighted by atomic mass is 10.1. The predicted molar refractivity (Wildman–Crippen MR) is 120 cm³/mol. The van der Waals surface area contributed by atoms with E-state index in [2.05, 4.69) is 56.3 Å². The Kier molecular flexibility index (Phi) is 6.15. The van der Waals surface area contributed by atoms with E-state index in [4.69, 9.17) is 12.2 Å². The fourth-order valence-electron chi connectivity index (χ4n) is 3.94. The molecule has 0 bridgehead atoms. The van der Waals surface area contributed by atoms with Gasteiger partial charge in [-0.15, -0.1) is 0 Å². The number of halogens is 1. The van der Waals surface area contributed by atoms with E-state index >= 15 is 0 Å². The number of carbonyl (C=O) groups excluding carboxylic acids is 1. The van der Waals surface area contributed by atoms with Gasteiger partial charge in [0.25, 0.3) is 5.91 Å². The molecule has 3 aromatic rings. The summed E-state index contributed by atoms with van der Waals surface area (Å²) < 4.78 is 14.2. The Hall–Kier alpha value is -2.71. The van der Waals surface area contributed by atoms with Crippen LogP contribution in [0.1, 0.15) is 22.3 Å². The third-order valence-corrected chi connectivity index (χ3v) is 5.71. The number of carbonyl (C=O) groups is 1. The van der Waals surface area contributed by atoms with Crippen molar-refractivity contribution in [3.63, 3.8) is 0 Å².